The lowest BCUT2D eigenvalue weighted by Gasteiger charge is -2.13. The third-order valence-corrected chi connectivity index (χ3v) is 6.91. The molecule has 0 atom stereocenters. The molecular formula is C29H62IN. The van der Waals surface area contributed by atoms with Gasteiger partial charge in [-0.3, -0.25) is 0 Å². The largest absolute Gasteiger partial charge is 1.00 e. The molecule has 0 spiro atoms. The Morgan fingerprint density at radius 1 is 0.323 bits per heavy atom. The van der Waals surface area contributed by atoms with Gasteiger partial charge in [-0.15, -0.1) is 0 Å². The van der Waals surface area contributed by atoms with E-state index in [0.717, 1.165) is 0 Å². The van der Waals surface area contributed by atoms with Crippen LogP contribution in [0, 0.1) is 0 Å². The lowest BCUT2D eigenvalue weighted by Crippen LogP contribution is -3.09. The van der Waals surface area contributed by atoms with E-state index in [9.17, 15) is 0 Å². The van der Waals surface area contributed by atoms with Gasteiger partial charge in [0, 0.05) is 0 Å². The molecule has 0 rings (SSSR count). The molecule has 0 bridgehead atoms. The number of nitrogens with one attached hydrogen (secondary N) is 1. The van der Waals surface area contributed by atoms with Crippen molar-refractivity contribution in [3.05, 3.63) is 0 Å². The summed E-state index contributed by atoms with van der Waals surface area (Å²) in [5, 5.41) is 0. The molecular weight excluding hydrogens is 489 g/mol. The molecule has 0 aliphatic rings. The summed E-state index contributed by atoms with van der Waals surface area (Å²) in [6.45, 7) is 7.40. The van der Waals surface area contributed by atoms with E-state index in [4.69, 9.17) is 0 Å². The molecule has 0 aliphatic carbocycles. The van der Waals surface area contributed by atoms with E-state index in [2.05, 4.69) is 20.9 Å². The van der Waals surface area contributed by atoms with Crippen molar-refractivity contribution in [2.45, 2.75) is 168 Å². The first-order chi connectivity index (χ1) is 14.8. The van der Waals surface area contributed by atoms with Crippen LogP contribution in [0.4, 0.5) is 0 Å². The maximum Gasteiger partial charge on any atom is 0.0768 e. The van der Waals surface area contributed by atoms with Gasteiger partial charge in [0.2, 0.25) is 0 Å². The van der Waals surface area contributed by atoms with Crippen LogP contribution >= 0.6 is 0 Å². The van der Waals surface area contributed by atoms with Crippen LogP contribution in [-0.4, -0.2) is 20.1 Å². The first-order valence-corrected chi connectivity index (χ1v) is 14.6. The Morgan fingerprint density at radius 3 is 0.742 bits per heavy atom. The van der Waals surface area contributed by atoms with E-state index in [0.29, 0.717) is 0 Å². The van der Waals surface area contributed by atoms with Crippen molar-refractivity contribution in [1.82, 2.24) is 0 Å². The highest BCUT2D eigenvalue weighted by Crippen LogP contribution is 2.12. The first-order valence-electron chi connectivity index (χ1n) is 14.6. The van der Waals surface area contributed by atoms with Crippen molar-refractivity contribution >= 4 is 0 Å². The minimum Gasteiger partial charge on any atom is -1.00 e. The molecule has 0 fully saturated rings. The van der Waals surface area contributed by atoms with Crippen LogP contribution in [0.3, 0.4) is 0 Å². The SMILES string of the molecule is CCCCCCCCCCCCCC[NH+](C)CCCCCCCCCCCCCC.[I-]. The Labute approximate surface area is 216 Å². The maximum atomic E-state index is 2.41. The van der Waals surface area contributed by atoms with Crippen LogP contribution in [0.5, 0.6) is 0 Å². The molecule has 0 saturated heterocycles. The fourth-order valence-electron chi connectivity index (χ4n) is 4.66. The fraction of sp³-hybridized carbons (Fsp3) is 1.00. The molecule has 0 amide bonds. The molecule has 31 heavy (non-hydrogen) atoms. The lowest BCUT2D eigenvalue weighted by molar-refractivity contribution is -0.880. The van der Waals surface area contributed by atoms with E-state index >= 15 is 0 Å². The third-order valence-electron chi connectivity index (χ3n) is 6.91. The van der Waals surface area contributed by atoms with Gasteiger partial charge < -0.3 is 28.9 Å². The lowest BCUT2D eigenvalue weighted by atomic mass is 10.0. The molecule has 2 heteroatoms. The second-order valence-electron chi connectivity index (χ2n) is 10.2. The minimum atomic E-state index is 0. The van der Waals surface area contributed by atoms with Crippen LogP contribution < -0.4 is 28.9 Å². The molecule has 0 saturated carbocycles. The van der Waals surface area contributed by atoms with Gasteiger partial charge in [-0.25, -0.2) is 0 Å². The zero-order valence-electron chi connectivity index (χ0n) is 22.3. The number of halogens is 1. The summed E-state index contributed by atoms with van der Waals surface area (Å²) in [7, 11) is 2.41. The van der Waals surface area contributed by atoms with Gasteiger partial charge in [0.25, 0.3) is 0 Å². The Kier molecular flexibility index (Phi) is 33.5. The Hall–Kier alpha value is 0.690. The number of hydrogen-bond acceptors (Lipinski definition) is 0. The van der Waals surface area contributed by atoms with Crippen molar-refractivity contribution in [2.75, 3.05) is 20.1 Å². The monoisotopic (exact) mass is 551 g/mol. The number of rotatable bonds is 26. The molecule has 0 radical (unpaired) electrons. The highest BCUT2D eigenvalue weighted by atomic mass is 127. The fourth-order valence-corrected chi connectivity index (χ4v) is 4.66. The van der Waals surface area contributed by atoms with Crippen LogP contribution in [0.1, 0.15) is 168 Å². The third kappa shape index (κ3) is 30.7. The Balaban J connectivity index is 0. The van der Waals surface area contributed by atoms with Crippen molar-refractivity contribution in [2.24, 2.45) is 0 Å². The molecule has 0 aromatic carbocycles. The van der Waals surface area contributed by atoms with Crippen LogP contribution in [-0.2, 0) is 0 Å². The van der Waals surface area contributed by atoms with E-state index in [-0.39, 0.29) is 24.0 Å². The molecule has 1 nitrogen and oxygen atoms in total. The topological polar surface area (TPSA) is 4.44 Å². The summed E-state index contributed by atoms with van der Waals surface area (Å²) < 4.78 is 0. The van der Waals surface area contributed by atoms with E-state index in [1.54, 1.807) is 4.90 Å². The van der Waals surface area contributed by atoms with Crippen LogP contribution in [0.2, 0.25) is 0 Å². The number of unbranched alkanes of at least 4 members (excludes halogenated alkanes) is 22. The van der Waals surface area contributed by atoms with E-state index in [1.807, 2.05) is 0 Å². The quantitative estimate of drug-likeness (QED) is 0.101. The molecule has 0 aromatic heterocycles. The Morgan fingerprint density at radius 2 is 0.516 bits per heavy atom. The highest BCUT2D eigenvalue weighted by Gasteiger charge is 2.02. The normalized spacial score (nSPS) is 11.2. The van der Waals surface area contributed by atoms with E-state index < -0.39 is 0 Å². The molecule has 0 aliphatic heterocycles. The molecule has 0 aromatic rings. The van der Waals surface area contributed by atoms with Gasteiger partial charge in [-0.2, -0.15) is 0 Å². The Bertz CT molecular complexity index is 266. The standard InChI is InChI=1S/C29H61N.HI/c1-4-6-8-10-12-14-16-18-20-22-24-26-28-30(3)29-27-25-23-21-19-17-15-13-11-9-7-5-2;/h4-29H2,1-3H3;1H. The van der Waals surface area contributed by atoms with Crippen LogP contribution in [0.25, 0.3) is 0 Å². The molecule has 0 heterocycles. The van der Waals surface area contributed by atoms with Gasteiger partial charge >= 0.3 is 0 Å². The van der Waals surface area contributed by atoms with Crippen molar-refractivity contribution in [3.8, 4) is 0 Å². The van der Waals surface area contributed by atoms with Gasteiger partial charge in [-0.1, -0.05) is 142 Å². The van der Waals surface area contributed by atoms with Gasteiger partial charge in [0.15, 0.2) is 0 Å². The number of hydrogen-bond donors (Lipinski definition) is 1. The van der Waals surface area contributed by atoms with Crippen molar-refractivity contribution in [3.63, 3.8) is 0 Å². The summed E-state index contributed by atoms with van der Waals surface area (Å²) in [5.41, 5.74) is 0. The van der Waals surface area contributed by atoms with Crippen molar-refractivity contribution in [1.29, 1.82) is 0 Å². The second-order valence-corrected chi connectivity index (χ2v) is 10.2. The summed E-state index contributed by atoms with van der Waals surface area (Å²) >= 11 is 0. The zero-order valence-corrected chi connectivity index (χ0v) is 24.4. The summed E-state index contributed by atoms with van der Waals surface area (Å²) in [6.07, 6.45) is 35.1. The van der Waals surface area contributed by atoms with Gasteiger partial charge in [0.05, 0.1) is 20.1 Å². The average Bonchev–Trinajstić information content (AvgIpc) is 2.75. The second kappa shape index (κ2) is 30.7. The molecule has 190 valence electrons. The maximum absolute atomic E-state index is 2.41. The number of quaternary nitrogens is 1. The highest BCUT2D eigenvalue weighted by molar-refractivity contribution is 4.50. The molecule has 1 N–H and O–H groups in total. The minimum absolute atomic E-state index is 0. The molecule has 0 unspecified atom stereocenters. The van der Waals surface area contributed by atoms with Gasteiger partial charge in [0.1, 0.15) is 0 Å². The average molecular weight is 552 g/mol. The van der Waals surface area contributed by atoms with Gasteiger partial charge in [-0.05, 0) is 25.7 Å². The first kappa shape index (κ1) is 33.9. The van der Waals surface area contributed by atoms with E-state index in [1.165, 1.54) is 167 Å². The summed E-state index contributed by atoms with van der Waals surface area (Å²) in [6, 6.07) is 0. The zero-order chi connectivity index (χ0) is 22.0. The predicted molar refractivity (Wildman–Crippen MR) is 139 cm³/mol. The summed E-state index contributed by atoms with van der Waals surface area (Å²) in [4.78, 5) is 1.77. The summed E-state index contributed by atoms with van der Waals surface area (Å²) in [5.74, 6) is 0. The smallest absolute Gasteiger partial charge is 0.0768 e. The van der Waals surface area contributed by atoms with Crippen molar-refractivity contribution < 1.29 is 28.9 Å². The predicted octanol–water partition coefficient (Wildman–Crippen LogP) is 5.91. The van der Waals surface area contributed by atoms with Crippen LogP contribution in [0.15, 0.2) is 0 Å².